The van der Waals surface area contributed by atoms with Gasteiger partial charge in [0, 0.05) is 10.8 Å². The van der Waals surface area contributed by atoms with Crippen LogP contribution in [0.25, 0.3) is 10.8 Å². The summed E-state index contributed by atoms with van der Waals surface area (Å²) in [5.41, 5.74) is 6.66. The van der Waals surface area contributed by atoms with Crippen molar-refractivity contribution in [3.8, 4) is 0 Å². The molecule has 0 aliphatic heterocycles. The standard InChI is InChI=1S/C15H16N4O/c16-9-14-6-15(7-14,8-14)13(20)19-12-3-1-2-10-4-17-18-5-11(10)12/h1-5H,6-9,16H2,(H,19,20). The Balaban J connectivity index is 1.59. The van der Waals surface area contributed by atoms with Crippen LogP contribution in [0.1, 0.15) is 19.3 Å². The number of nitrogens with one attached hydrogen (secondary N) is 1. The Bertz CT molecular complexity index is 687. The highest BCUT2D eigenvalue weighted by atomic mass is 16.2. The zero-order valence-corrected chi connectivity index (χ0v) is 11.1. The van der Waals surface area contributed by atoms with E-state index in [1.165, 1.54) is 0 Å². The fourth-order valence-corrected chi connectivity index (χ4v) is 3.85. The van der Waals surface area contributed by atoms with Crippen molar-refractivity contribution in [3.05, 3.63) is 30.6 Å². The first-order valence-electron chi connectivity index (χ1n) is 6.88. The number of nitrogens with zero attached hydrogens (tertiary/aromatic N) is 2. The molecule has 2 aromatic rings. The topological polar surface area (TPSA) is 80.9 Å². The van der Waals surface area contributed by atoms with E-state index in [4.69, 9.17) is 5.73 Å². The number of anilines is 1. The van der Waals surface area contributed by atoms with Gasteiger partial charge in [0.1, 0.15) is 0 Å². The van der Waals surface area contributed by atoms with E-state index >= 15 is 0 Å². The van der Waals surface area contributed by atoms with Gasteiger partial charge in [-0.25, -0.2) is 0 Å². The SMILES string of the molecule is NCC12CC(C(=O)Nc3cccc4cnncc34)(C1)C2. The summed E-state index contributed by atoms with van der Waals surface area (Å²) in [5, 5.41) is 12.7. The molecule has 3 saturated carbocycles. The Hall–Kier alpha value is -2.01. The first-order chi connectivity index (χ1) is 9.66. The van der Waals surface area contributed by atoms with Gasteiger partial charge in [0.25, 0.3) is 0 Å². The van der Waals surface area contributed by atoms with Gasteiger partial charge in [0.2, 0.25) is 5.91 Å². The van der Waals surface area contributed by atoms with Crippen LogP contribution in [-0.4, -0.2) is 22.6 Å². The van der Waals surface area contributed by atoms with Gasteiger partial charge in [-0.1, -0.05) is 12.1 Å². The van der Waals surface area contributed by atoms with Crippen LogP contribution in [0.5, 0.6) is 0 Å². The molecule has 5 nitrogen and oxygen atoms in total. The lowest BCUT2D eigenvalue weighted by molar-refractivity contribution is -0.197. The molecule has 3 aliphatic carbocycles. The number of aromatic nitrogens is 2. The molecule has 1 aromatic carbocycles. The van der Waals surface area contributed by atoms with Crippen LogP contribution in [0.4, 0.5) is 5.69 Å². The van der Waals surface area contributed by atoms with E-state index in [0.29, 0.717) is 6.54 Å². The molecule has 5 heteroatoms. The van der Waals surface area contributed by atoms with E-state index in [9.17, 15) is 4.79 Å². The molecule has 2 bridgehead atoms. The Labute approximate surface area is 116 Å². The second-order valence-corrected chi connectivity index (χ2v) is 6.27. The van der Waals surface area contributed by atoms with E-state index in [1.54, 1.807) is 12.4 Å². The average Bonchev–Trinajstić information content (AvgIpc) is 2.37. The summed E-state index contributed by atoms with van der Waals surface area (Å²) in [6.45, 7) is 0.700. The second-order valence-electron chi connectivity index (χ2n) is 6.27. The van der Waals surface area contributed by atoms with Crippen molar-refractivity contribution in [1.82, 2.24) is 10.2 Å². The van der Waals surface area contributed by atoms with Gasteiger partial charge in [0.15, 0.2) is 0 Å². The highest BCUT2D eigenvalue weighted by Gasteiger charge is 2.70. The highest BCUT2D eigenvalue weighted by Crippen LogP contribution is 2.73. The minimum absolute atomic E-state index is 0.122. The Morgan fingerprint density at radius 3 is 2.75 bits per heavy atom. The Morgan fingerprint density at radius 1 is 1.25 bits per heavy atom. The van der Waals surface area contributed by atoms with Gasteiger partial charge in [-0.3, -0.25) is 4.79 Å². The minimum Gasteiger partial charge on any atom is -0.330 e. The van der Waals surface area contributed by atoms with E-state index in [1.807, 2.05) is 18.2 Å². The molecule has 0 spiro atoms. The fourth-order valence-electron chi connectivity index (χ4n) is 3.85. The molecule has 1 heterocycles. The van der Waals surface area contributed by atoms with Gasteiger partial charge < -0.3 is 11.1 Å². The van der Waals surface area contributed by atoms with Crippen molar-refractivity contribution in [2.24, 2.45) is 16.6 Å². The molecular weight excluding hydrogens is 252 g/mol. The fraction of sp³-hybridized carbons (Fsp3) is 0.400. The van der Waals surface area contributed by atoms with Gasteiger partial charge in [-0.2, -0.15) is 10.2 Å². The Morgan fingerprint density at radius 2 is 2.00 bits per heavy atom. The van der Waals surface area contributed by atoms with Crippen LogP contribution in [0.15, 0.2) is 30.6 Å². The summed E-state index contributed by atoms with van der Waals surface area (Å²) in [5.74, 6) is 0.122. The number of nitrogens with two attached hydrogens (primary N) is 1. The molecule has 0 radical (unpaired) electrons. The number of hydrogen-bond donors (Lipinski definition) is 2. The molecule has 0 atom stereocenters. The molecule has 3 N–H and O–H groups in total. The van der Waals surface area contributed by atoms with Crippen molar-refractivity contribution in [2.45, 2.75) is 19.3 Å². The van der Waals surface area contributed by atoms with Crippen LogP contribution in [0, 0.1) is 10.8 Å². The van der Waals surface area contributed by atoms with Gasteiger partial charge in [0.05, 0.1) is 23.5 Å². The van der Waals surface area contributed by atoms with E-state index in [0.717, 1.165) is 35.7 Å². The lowest BCUT2D eigenvalue weighted by atomic mass is 9.35. The van der Waals surface area contributed by atoms with E-state index in [-0.39, 0.29) is 16.7 Å². The molecule has 3 aliphatic rings. The van der Waals surface area contributed by atoms with Crippen molar-refractivity contribution < 1.29 is 4.79 Å². The zero-order valence-electron chi connectivity index (χ0n) is 11.1. The number of carbonyl (C=O) groups excluding carboxylic acids is 1. The lowest BCUT2D eigenvalue weighted by Gasteiger charge is -2.69. The average molecular weight is 268 g/mol. The van der Waals surface area contributed by atoms with Crippen molar-refractivity contribution in [2.75, 3.05) is 11.9 Å². The first kappa shape index (κ1) is 11.8. The number of fused-ring (bicyclic) bond motifs is 1. The molecule has 1 amide bonds. The molecule has 0 unspecified atom stereocenters. The monoisotopic (exact) mass is 268 g/mol. The largest absolute Gasteiger partial charge is 0.330 e. The molecule has 20 heavy (non-hydrogen) atoms. The summed E-state index contributed by atoms with van der Waals surface area (Å²) in [7, 11) is 0. The second kappa shape index (κ2) is 3.76. The first-order valence-corrected chi connectivity index (χ1v) is 6.88. The maximum atomic E-state index is 12.5. The van der Waals surface area contributed by atoms with Crippen LogP contribution >= 0.6 is 0 Å². The van der Waals surface area contributed by atoms with Crippen molar-refractivity contribution in [1.29, 1.82) is 0 Å². The smallest absolute Gasteiger partial charge is 0.230 e. The van der Waals surface area contributed by atoms with Gasteiger partial charge >= 0.3 is 0 Å². The van der Waals surface area contributed by atoms with Crippen LogP contribution in [0.2, 0.25) is 0 Å². The molecular formula is C15H16N4O. The summed E-state index contributed by atoms with van der Waals surface area (Å²) < 4.78 is 0. The maximum Gasteiger partial charge on any atom is 0.230 e. The third-order valence-corrected chi connectivity index (χ3v) is 4.89. The summed E-state index contributed by atoms with van der Waals surface area (Å²) >= 11 is 0. The van der Waals surface area contributed by atoms with Crippen LogP contribution < -0.4 is 11.1 Å². The van der Waals surface area contributed by atoms with Gasteiger partial charge in [-0.15, -0.1) is 0 Å². The molecule has 102 valence electrons. The highest BCUT2D eigenvalue weighted by molar-refractivity contribution is 6.04. The third kappa shape index (κ3) is 1.44. The molecule has 1 aromatic heterocycles. The minimum atomic E-state index is -0.165. The number of hydrogen-bond acceptors (Lipinski definition) is 4. The predicted molar refractivity (Wildman–Crippen MR) is 75.9 cm³/mol. The number of rotatable bonds is 3. The number of benzene rings is 1. The summed E-state index contributed by atoms with van der Waals surface area (Å²) in [6, 6.07) is 5.79. The summed E-state index contributed by atoms with van der Waals surface area (Å²) in [6.07, 6.45) is 6.20. The molecule has 5 rings (SSSR count). The van der Waals surface area contributed by atoms with Crippen molar-refractivity contribution in [3.63, 3.8) is 0 Å². The van der Waals surface area contributed by atoms with Crippen LogP contribution in [0.3, 0.4) is 0 Å². The lowest BCUT2D eigenvalue weighted by Crippen LogP contribution is -2.69. The van der Waals surface area contributed by atoms with Crippen LogP contribution in [-0.2, 0) is 4.79 Å². The maximum absolute atomic E-state index is 12.5. The molecule has 0 saturated heterocycles. The zero-order chi connectivity index (χ0) is 13.8. The summed E-state index contributed by atoms with van der Waals surface area (Å²) in [4.78, 5) is 12.5. The van der Waals surface area contributed by atoms with E-state index < -0.39 is 0 Å². The quantitative estimate of drug-likeness (QED) is 0.887. The third-order valence-electron chi connectivity index (χ3n) is 4.89. The predicted octanol–water partition coefficient (Wildman–Crippen LogP) is 1.70. The Kier molecular flexibility index (Phi) is 2.22. The van der Waals surface area contributed by atoms with E-state index in [2.05, 4.69) is 15.5 Å². The van der Waals surface area contributed by atoms with Gasteiger partial charge in [-0.05, 0) is 37.3 Å². The van der Waals surface area contributed by atoms with Crippen molar-refractivity contribution >= 4 is 22.4 Å². The number of carbonyl (C=O) groups is 1. The normalized spacial score (nSPS) is 30.4. The molecule has 3 fully saturated rings. The number of amides is 1.